The molecule has 0 spiro atoms. The van der Waals surface area contributed by atoms with Crippen LogP contribution in [0.5, 0.6) is 0 Å². The number of para-hydroxylation sites is 1. The van der Waals surface area contributed by atoms with E-state index in [4.69, 9.17) is 13.9 Å². The van der Waals surface area contributed by atoms with Crippen LogP contribution in [0.25, 0.3) is 0 Å². The van der Waals surface area contributed by atoms with Gasteiger partial charge in [-0.15, -0.1) is 0 Å². The number of rotatable bonds is 7. The van der Waals surface area contributed by atoms with Crippen molar-refractivity contribution < 1.29 is 28.3 Å². The van der Waals surface area contributed by atoms with Gasteiger partial charge in [0, 0.05) is 5.38 Å². The summed E-state index contributed by atoms with van der Waals surface area (Å²) in [4.78, 5) is 36.6. The molecule has 0 bridgehead atoms. The lowest BCUT2D eigenvalue weighted by Crippen LogP contribution is -2.15. The minimum absolute atomic E-state index is 0.187. The van der Waals surface area contributed by atoms with Crippen LogP contribution in [0, 0.1) is 0 Å². The first kappa shape index (κ1) is 19.4. The van der Waals surface area contributed by atoms with Crippen LogP contribution in [-0.4, -0.2) is 24.5 Å². The molecule has 3 aromatic rings. The Morgan fingerprint density at radius 2 is 1.82 bits per heavy atom. The van der Waals surface area contributed by atoms with Gasteiger partial charge in [-0.3, -0.25) is 4.79 Å². The molecule has 0 atom stereocenters. The number of hydrogen-bond donors (Lipinski definition) is 1. The van der Waals surface area contributed by atoms with E-state index in [0.29, 0.717) is 11.3 Å². The van der Waals surface area contributed by atoms with Crippen LogP contribution in [0.2, 0.25) is 0 Å². The molecule has 0 aliphatic carbocycles. The topological polar surface area (TPSA) is 94.8 Å². The number of anilines is 1. The van der Waals surface area contributed by atoms with Gasteiger partial charge in [-0.25, -0.2) is 9.59 Å². The summed E-state index contributed by atoms with van der Waals surface area (Å²) in [5, 5.41) is 6.21. The van der Waals surface area contributed by atoms with E-state index in [1.165, 1.54) is 23.7 Å². The molecule has 1 N–H and O–H groups in total. The molecule has 144 valence electrons. The Balaban J connectivity index is 1.70. The molecule has 0 aliphatic rings. The van der Waals surface area contributed by atoms with E-state index in [1.54, 1.807) is 48.0 Å². The molecule has 7 nitrogen and oxygen atoms in total. The first-order chi connectivity index (χ1) is 13.6. The second-order valence-electron chi connectivity index (χ2n) is 5.57. The Morgan fingerprint density at radius 3 is 2.57 bits per heavy atom. The van der Waals surface area contributed by atoms with Crippen molar-refractivity contribution in [3.63, 3.8) is 0 Å². The highest BCUT2D eigenvalue weighted by molar-refractivity contribution is 7.08. The quantitative estimate of drug-likeness (QED) is 0.601. The highest BCUT2D eigenvalue weighted by atomic mass is 32.1. The number of carbonyl (C=O) groups is 3. The van der Waals surface area contributed by atoms with Crippen LogP contribution in [0.3, 0.4) is 0 Å². The molecule has 0 unspecified atom stereocenters. The molecule has 0 aliphatic heterocycles. The zero-order valence-electron chi connectivity index (χ0n) is 15.0. The van der Waals surface area contributed by atoms with Gasteiger partial charge in [-0.2, -0.15) is 11.3 Å². The molecule has 8 heteroatoms. The van der Waals surface area contributed by atoms with Gasteiger partial charge in [0.25, 0.3) is 5.91 Å². The van der Waals surface area contributed by atoms with Crippen LogP contribution in [-0.2, 0) is 16.1 Å². The third kappa shape index (κ3) is 4.47. The molecule has 0 fully saturated rings. The average molecular weight is 399 g/mol. The SMILES string of the molecule is CCOC(=O)c1ccoc1COC(=O)c1ccccc1NC(=O)c1ccsc1. The summed E-state index contributed by atoms with van der Waals surface area (Å²) in [6.07, 6.45) is 1.32. The average Bonchev–Trinajstić information content (AvgIpc) is 3.38. The molecule has 2 aromatic heterocycles. The number of amides is 1. The van der Waals surface area contributed by atoms with E-state index in [1.807, 2.05) is 0 Å². The smallest absolute Gasteiger partial charge is 0.341 e. The standard InChI is InChI=1S/C20H17NO6S/c1-2-25-20(24)15-7-9-26-17(15)11-27-19(23)14-5-3-4-6-16(14)21-18(22)13-8-10-28-12-13/h3-10,12H,2,11H2,1H3,(H,21,22). The fourth-order valence-corrected chi connectivity index (χ4v) is 3.05. The van der Waals surface area contributed by atoms with Crippen LogP contribution in [0.15, 0.2) is 57.8 Å². The Labute approximate surface area is 164 Å². The number of esters is 2. The Hall–Kier alpha value is -3.39. The number of carbonyl (C=O) groups excluding carboxylic acids is 3. The summed E-state index contributed by atoms with van der Waals surface area (Å²) < 4.78 is 15.4. The van der Waals surface area contributed by atoms with Crippen molar-refractivity contribution in [3.8, 4) is 0 Å². The van der Waals surface area contributed by atoms with Crippen molar-refractivity contribution in [2.45, 2.75) is 13.5 Å². The Bertz CT molecular complexity index is 976. The van der Waals surface area contributed by atoms with E-state index in [-0.39, 0.29) is 36.0 Å². The summed E-state index contributed by atoms with van der Waals surface area (Å²) in [5.41, 5.74) is 1.22. The van der Waals surface area contributed by atoms with Crippen molar-refractivity contribution in [1.29, 1.82) is 0 Å². The van der Waals surface area contributed by atoms with Crippen molar-refractivity contribution >= 4 is 34.9 Å². The van der Waals surface area contributed by atoms with Crippen molar-refractivity contribution in [3.05, 3.63) is 75.9 Å². The number of hydrogen-bond acceptors (Lipinski definition) is 7. The second-order valence-corrected chi connectivity index (χ2v) is 6.35. The predicted octanol–water partition coefficient (Wildman–Crippen LogP) is 4.13. The predicted molar refractivity (Wildman–Crippen MR) is 102 cm³/mol. The molecular weight excluding hydrogens is 382 g/mol. The van der Waals surface area contributed by atoms with E-state index in [2.05, 4.69) is 5.32 Å². The summed E-state index contributed by atoms with van der Waals surface area (Å²) in [6.45, 7) is 1.67. The fourth-order valence-electron chi connectivity index (χ4n) is 2.41. The number of furan rings is 1. The molecule has 3 rings (SSSR count). The lowest BCUT2D eigenvalue weighted by molar-refractivity contribution is 0.0423. The van der Waals surface area contributed by atoms with Gasteiger partial charge in [0.05, 0.1) is 29.7 Å². The van der Waals surface area contributed by atoms with Crippen LogP contribution in [0.4, 0.5) is 5.69 Å². The van der Waals surface area contributed by atoms with Crippen molar-refractivity contribution in [2.24, 2.45) is 0 Å². The summed E-state index contributed by atoms with van der Waals surface area (Å²) in [7, 11) is 0. The molecule has 0 saturated carbocycles. The largest absolute Gasteiger partial charge is 0.465 e. The van der Waals surface area contributed by atoms with Gasteiger partial charge < -0.3 is 19.2 Å². The third-order valence-electron chi connectivity index (χ3n) is 3.75. The highest BCUT2D eigenvalue weighted by Gasteiger charge is 2.19. The molecule has 0 radical (unpaired) electrons. The molecule has 0 saturated heterocycles. The molecule has 1 aromatic carbocycles. The zero-order valence-corrected chi connectivity index (χ0v) is 15.8. The first-order valence-corrected chi connectivity index (χ1v) is 9.37. The van der Waals surface area contributed by atoms with Crippen LogP contribution in [0.1, 0.15) is 43.8 Å². The molecule has 1 amide bonds. The van der Waals surface area contributed by atoms with E-state index in [9.17, 15) is 14.4 Å². The van der Waals surface area contributed by atoms with E-state index < -0.39 is 11.9 Å². The lowest BCUT2D eigenvalue weighted by atomic mass is 10.1. The van der Waals surface area contributed by atoms with E-state index >= 15 is 0 Å². The minimum Gasteiger partial charge on any atom is -0.465 e. The Kier molecular flexibility index (Phi) is 6.23. The summed E-state index contributed by atoms with van der Waals surface area (Å²) >= 11 is 1.40. The highest BCUT2D eigenvalue weighted by Crippen LogP contribution is 2.20. The van der Waals surface area contributed by atoms with Gasteiger partial charge in [-0.05, 0) is 36.6 Å². The lowest BCUT2D eigenvalue weighted by Gasteiger charge is -2.10. The minimum atomic E-state index is -0.660. The number of thiophene rings is 1. The first-order valence-electron chi connectivity index (χ1n) is 8.43. The van der Waals surface area contributed by atoms with Gasteiger partial charge in [0.1, 0.15) is 5.56 Å². The number of nitrogens with one attached hydrogen (secondary N) is 1. The zero-order chi connectivity index (χ0) is 19.9. The van der Waals surface area contributed by atoms with Gasteiger partial charge in [-0.1, -0.05) is 12.1 Å². The maximum Gasteiger partial charge on any atom is 0.341 e. The van der Waals surface area contributed by atoms with Gasteiger partial charge in [0.15, 0.2) is 12.4 Å². The van der Waals surface area contributed by atoms with Gasteiger partial charge >= 0.3 is 11.9 Å². The van der Waals surface area contributed by atoms with Gasteiger partial charge in [0.2, 0.25) is 0 Å². The Morgan fingerprint density at radius 1 is 1.04 bits per heavy atom. The molecular formula is C20H17NO6S. The van der Waals surface area contributed by atoms with Crippen molar-refractivity contribution in [1.82, 2.24) is 0 Å². The monoisotopic (exact) mass is 399 g/mol. The number of ether oxygens (including phenoxy) is 2. The second kappa shape index (κ2) is 9.01. The maximum absolute atomic E-state index is 12.5. The van der Waals surface area contributed by atoms with Crippen LogP contribution >= 0.6 is 11.3 Å². The fraction of sp³-hybridized carbons (Fsp3) is 0.150. The van der Waals surface area contributed by atoms with Crippen LogP contribution < -0.4 is 5.32 Å². The third-order valence-corrected chi connectivity index (χ3v) is 4.44. The normalized spacial score (nSPS) is 10.3. The van der Waals surface area contributed by atoms with E-state index in [0.717, 1.165) is 0 Å². The maximum atomic E-state index is 12.5. The summed E-state index contributed by atoms with van der Waals surface area (Å²) in [6, 6.07) is 9.65. The molecule has 2 heterocycles. The molecule has 28 heavy (non-hydrogen) atoms. The summed E-state index contributed by atoms with van der Waals surface area (Å²) in [5.74, 6) is -1.35. The van der Waals surface area contributed by atoms with Crippen molar-refractivity contribution in [2.75, 3.05) is 11.9 Å². The number of benzene rings is 1.